The Kier molecular flexibility index (Phi) is 12.9. The molecule has 67 heavy (non-hydrogen) atoms. The molecule has 4 aromatic heterocycles. The Morgan fingerprint density at radius 2 is 1.45 bits per heavy atom. The number of carbonyl (C=O) groups is 2. The molecule has 348 valence electrons. The molecule has 0 saturated heterocycles. The van der Waals surface area contributed by atoms with E-state index in [9.17, 15) is 22.8 Å². The van der Waals surface area contributed by atoms with Crippen molar-refractivity contribution in [2.75, 3.05) is 23.8 Å². The lowest BCUT2D eigenvalue weighted by Gasteiger charge is -2.14. The van der Waals surface area contributed by atoms with Gasteiger partial charge in [-0.1, -0.05) is 23.2 Å². The molecule has 0 aliphatic carbocycles. The Morgan fingerprint density at radius 1 is 0.806 bits per heavy atom. The lowest BCUT2D eigenvalue weighted by Crippen LogP contribution is -2.48. The molecule has 6 N–H and O–H groups in total. The first-order chi connectivity index (χ1) is 31.9. The number of hydrogen-bond acceptors (Lipinski definition) is 11. The van der Waals surface area contributed by atoms with E-state index in [1.165, 1.54) is 40.7 Å². The first-order valence-corrected chi connectivity index (χ1v) is 21.2. The smallest absolute Gasteiger partial charge is 0.417 e. The molecule has 0 saturated carbocycles. The summed E-state index contributed by atoms with van der Waals surface area (Å²) < 4.78 is 73.3. The van der Waals surface area contributed by atoms with E-state index >= 15 is 4.39 Å². The van der Waals surface area contributed by atoms with E-state index in [2.05, 4.69) is 56.7 Å². The fourth-order valence-electron chi connectivity index (χ4n) is 7.01. The van der Waals surface area contributed by atoms with Gasteiger partial charge in [0.1, 0.15) is 11.3 Å². The van der Waals surface area contributed by atoms with Crippen molar-refractivity contribution >= 4 is 80.1 Å². The first kappa shape index (κ1) is 46.1. The van der Waals surface area contributed by atoms with E-state index < -0.39 is 48.6 Å². The second-order valence-electron chi connectivity index (χ2n) is 15.7. The van der Waals surface area contributed by atoms with Gasteiger partial charge in [-0.15, -0.1) is 14.9 Å². The number of amides is 2. The van der Waals surface area contributed by atoms with Crippen molar-refractivity contribution < 1.29 is 41.3 Å². The van der Waals surface area contributed by atoms with Crippen LogP contribution in [-0.4, -0.2) is 81.9 Å². The zero-order valence-corrected chi connectivity index (χ0v) is 37.7. The van der Waals surface area contributed by atoms with E-state index in [0.717, 1.165) is 17.0 Å². The predicted molar refractivity (Wildman–Crippen MR) is 241 cm³/mol. The third kappa shape index (κ3) is 10.3. The topological polar surface area (TPSA) is 210 Å². The van der Waals surface area contributed by atoms with E-state index in [1.807, 2.05) is 6.07 Å². The summed E-state index contributed by atoms with van der Waals surface area (Å²) in [5, 5.41) is 32.4. The summed E-state index contributed by atoms with van der Waals surface area (Å²) in [5.41, 5.74) is 1.44. The van der Waals surface area contributed by atoms with Gasteiger partial charge >= 0.3 is 6.18 Å². The zero-order chi connectivity index (χ0) is 47.7. The molecule has 0 radical (unpaired) electrons. The van der Waals surface area contributed by atoms with Crippen LogP contribution in [0.5, 0.6) is 11.5 Å². The van der Waals surface area contributed by atoms with Crippen LogP contribution in [0.4, 0.5) is 40.8 Å². The van der Waals surface area contributed by atoms with Gasteiger partial charge in [0.05, 0.1) is 50.1 Å². The SMILES string of the molecule is CC(C)NC(=O)COc1ccc(-c2nc(Nc3ccc4[nH][n+](CC(C)NC(=O)COc5ccc(-c6nc(Nc7ccc8[nH]ncc8c7Cl)n(C)n6)cc5F)cc4c3Cl)n(C)n2)c(C(F)(F)F)c1. The highest BCUT2D eigenvalue weighted by Gasteiger charge is 2.36. The molecule has 1 unspecified atom stereocenters. The van der Waals surface area contributed by atoms with Gasteiger partial charge in [0.2, 0.25) is 18.1 Å². The Morgan fingerprint density at radius 3 is 2.13 bits per heavy atom. The van der Waals surface area contributed by atoms with Crippen LogP contribution in [-0.2, 0) is 36.4 Å². The molecule has 18 nitrogen and oxygen atoms in total. The molecule has 0 bridgehead atoms. The molecule has 2 amide bonds. The molecule has 0 aliphatic rings. The fraction of sp³-hybridized carbons (Fsp3) is 0.256. The number of fused-ring (bicyclic) bond motifs is 2. The third-order valence-electron chi connectivity index (χ3n) is 10.1. The molecule has 0 aliphatic heterocycles. The van der Waals surface area contributed by atoms with Crippen molar-refractivity contribution in [3.05, 3.63) is 94.5 Å². The van der Waals surface area contributed by atoms with Crippen LogP contribution in [0.1, 0.15) is 26.3 Å². The van der Waals surface area contributed by atoms with Crippen molar-refractivity contribution in [2.45, 2.75) is 45.6 Å². The van der Waals surface area contributed by atoms with Gasteiger partial charge in [0.15, 0.2) is 43.0 Å². The summed E-state index contributed by atoms with van der Waals surface area (Å²) in [7, 11) is 3.19. The quantitative estimate of drug-likeness (QED) is 0.0416. The normalized spacial score (nSPS) is 12.2. The van der Waals surface area contributed by atoms with Crippen molar-refractivity contribution in [3.8, 4) is 34.3 Å². The van der Waals surface area contributed by atoms with Gasteiger partial charge < -0.3 is 30.7 Å². The third-order valence-corrected chi connectivity index (χ3v) is 10.9. The maximum absolute atomic E-state index is 15.2. The number of H-pyrrole nitrogens is 2. The minimum atomic E-state index is -4.79. The molecule has 0 fully saturated rings. The van der Waals surface area contributed by atoms with Gasteiger partial charge in [-0.2, -0.15) is 33.3 Å². The number of alkyl halides is 3. The number of rotatable bonds is 16. The number of hydrogen-bond donors (Lipinski definition) is 6. The van der Waals surface area contributed by atoms with Crippen LogP contribution in [0.25, 0.3) is 44.6 Å². The molecule has 24 heteroatoms. The summed E-state index contributed by atoms with van der Waals surface area (Å²) in [5.74, 6) is -1.47. The van der Waals surface area contributed by atoms with Crippen LogP contribution in [0.15, 0.2) is 73.1 Å². The highest BCUT2D eigenvalue weighted by atomic mass is 35.5. The van der Waals surface area contributed by atoms with Crippen molar-refractivity contribution in [1.29, 1.82) is 0 Å². The van der Waals surface area contributed by atoms with Gasteiger partial charge in [0.25, 0.3) is 11.8 Å². The molecule has 8 rings (SSSR count). The number of aromatic nitrogens is 10. The Hall–Kier alpha value is -7.46. The fourth-order valence-corrected chi connectivity index (χ4v) is 7.53. The number of ether oxygens (including phenoxy) is 2. The minimum absolute atomic E-state index is 0.104. The molecule has 0 spiro atoms. The maximum Gasteiger partial charge on any atom is 0.417 e. The van der Waals surface area contributed by atoms with Gasteiger partial charge in [-0.05, 0) is 81.4 Å². The van der Waals surface area contributed by atoms with Crippen LogP contribution in [0.2, 0.25) is 10.0 Å². The van der Waals surface area contributed by atoms with Gasteiger partial charge in [-0.25, -0.2) is 13.8 Å². The number of anilines is 4. The van der Waals surface area contributed by atoms with Crippen LogP contribution >= 0.6 is 23.2 Å². The average Bonchev–Trinajstić information content (AvgIpc) is 4.08. The zero-order valence-electron chi connectivity index (χ0n) is 36.2. The summed E-state index contributed by atoms with van der Waals surface area (Å²) in [6.45, 7) is 4.64. The highest BCUT2D eigenvalue weighted by Crippen LogP contribution is 2.39. The van der Waals surface area contributed by atoms with Crippen molar-refractivity contribution in [1.82, 2.24) is 55.5 Å². The molecule has 4 heterocycles. The summed E-state index contributed by atoms with van der Waals surface area (Å²) in [6, 6.07) is 13.9. The Labute approximate surface area is 388 Å². The van der Waals surface area contributed by atoms with Crippen molar-refractivity contribution in [3.63, 3.8) is 0 Å². The van der Waals surface area contributed by atoms with Gasteiger partial charge in [0, 0.05) is 36.7 Å². The molecule has 4 aromatic carbocycles. The van der Waals surface area contributed by atoms with Gasteiger partial charge in [-0.3, -0.25) is 14.7 Å². The maximum atomic E-state index is 15.2. The average molecular weight is 965 g/mol. The predicted octanol–water partition coefficient (Wildman–Crippen LogP) is 7.36. The van der Waals surface area contributed by atoms with Crippen molar-refractivity contribution in [2.24, 2.45) is 14.1 Å². The molecule has 1 atom stereocenters. The first-order valence-electron chi connectivity index (χ1n) is 20.4. The van der Waals surface area contributed by atoms with Crippen LogP contribution in [0, 0.1) is 5.82 Å². The number of carbonyl (C=O) groups excluding carboxylic acids is 2. The standard InChI is InChI=1S/C43H40Cl2F4N14O4/c1-21(2)51-35(64)19-66-24-7-8-25(28(15-24)43(47,48)49)40-56-42(62(5)60-40)54-33-12-10-31-27(38(33)45)18-63(58-31)17-22(3)52-36(65)20-67-34-13-6-23(14-29(34)46)39-55-41(61(4)59-39)53-32-11-9-30-26(37(32)44)16-50-57-30/h6-16,18,21-22H,17,19-20H2,1-5H3,(H5,50,51,52,53,54,55,56,57,59,60,64,65)/p+1. The number of aromatic amines is 2. The van der Waals surface area contributed by atoms with E-state index in [4.69, 9.17) is 32.7 Å². The second kappa shape index (κ2) is 18.8. The van der Waals surface area contributed by atoms with E-state index in [1.54, 1.807) is 69.2 Å². The molecular weight excluding hydrogens is 923 g/mol. The highest BCUT2D eigenvalue weighted by molar-refractivity contribution is 6.38. The van der Waals surface area contributed by atoms with E-state index in [-0.39, 0.29) is 52.3 Å². The number of nitrogens with one attached hydrogen (secondary N) is 6. The summed E-state index contributed by atoms with van der Waals surface area (Å²) in [4.78, 5) is 33.7. The number of aryl methyl sites for hydroxylation is 2. The number of halogens is 6. The van der Waals surface area contributed by atoms with E-state index in [0.29, 0.717) is 38.8 Å². The monoisotopic (exact) mass is 963 g/mol. The largest absolute Gasteiger partial charge is 0.484 e. The Bertz CT molecular complexity index is 3150. The lowest BCUT2D eigenvalue weighted by molar-refractivity contribution is -0.749. The van der Waals surface area contributed by atoms with Crippen LogP contribution in [0.3, 0.4) is 0 Å². The summed E-state index contributed by atoms with van der Waals surface area (Å²) in [6.07, 6.45) is -1.44. The molecular formula is C43H41Cl2F4N14O4+. The number of benzene rings is 4. The number of nitrogens with zero attached hydrogens (tertiary/aromatic N) is 8. The minimum Gasteiger partial charge on any atom is -0.484 e. The summed E-state index contributed by atoms with van der Waals surface area (Å²) >= 11 is 13.4. The lowest BCUT2D eigenvalue weighted by atomic mass is 10.1. The molecule has 8 aromatic rings. The van der Waals surface area contributed by atoms with Crippen LogP contribution < -0.4 is 35.4 Å². The Balaban J connectivity index is 0.865. The second-order valence-corrected chi connectivity index (χ2v) is 16.4.